The van der Waals surface area contributed by atoms with Crippen LogP contribution in [0.1, 0.15) is 61.3 Å². The second kappa shape index (κ2) is 10.8. The first kappa shape index (κ1) is 28.0. The molecule has 0 saturated heterocycles. The summed E-state index contributed by atoms with van der Waals surface area (Å²) in [7, 11) is 2.86. The Labute approximate surface area is 237 Å². The third-order valence-electron chi connectivity index (χ3n) is 8.22. The summed E-state index contributed by atoms with van der Waals surface area (Å²) in [5.41, 5.74) is 8.51. The van der Waals surface area contributed by atoms with E-state index in [1.54, 1.807) is 4.52 Å². The molecule has 5 rings (SSSR count). The van der Waals surface area contributed by atoms with Gasteiger partial charge in [0.15, 0.2) is 5.82 Å². The number of nitrogens with two attached hydrogens (primary N) is 1. The average molecular weight is 561 g/mol. The Morgan fingerprint density at radius 2 is 1.78 bits per heavy atom. The van der Waals surface area contributed by atoms with Gasteiger partial charge in [0.25, 0.3) is 5.91 Å². The van der Waals surface area contributed by atoms with Crippen LogP contribution < -0.4 is 15.8 Å². The Balaban J connectivity index is 1.39. The Hall–Kier alpha value is -4.54. The highest BCUT2D eigenvalue weighted by atomic mass is 19.1. The van der Waals surface area contributed by atoms with Crippen molar-refractivity contribution >= 4 is 23.2 Å². The monoisotopic (exact) mass is 560 g/mol. The lowest BCUT2D eigenvalue weighted by atomic mass is 9.65. The van der Waals surface area contributed by atoms with E-state index in [1.165, 1.54) is 32.7 Å². The molecule has 2 aromatic heterocycles. The smallest absolute Gasteiger partial charge is 0.311 e. The molecule has 1 fully saturated rings. The molecule has 41 heavy (non-hydrogen) atoms. The van der Waals surface area contributed by atoms with Crippen molar-refractivity contribution in [2.45, 2.75) is 51.5 Å². The number of nitrogens with zero attached hydrogens (tertiary/aromatic N) is 4. The van der Waals surface area contributed by atoms with E-state index in [-0.39, 0.29) is 23.5 Å². The number of nitrogens with one attached hydrogen (secondary N) is 1. The predicted molar refractivity (Wildman–Crippen MR) is 151 cm³/mol. The van der Waals surface area contributed by atoms with Crippen LogP contribution >= 0.6 is 0 Å². The van der Waals surface area contributed by atoms with Crippen LogP contribution in [0.5, 0.6) is 5.75 Å². The van der Waals surface area contributed by atoms with Crippen LogP contribution in [0.4, 0.5) is 10.2 Å². The molecular weight excluding hydrogens is 527 g/mol. The summed E-state index contributed by atoms with van der Waals surface area (Å²) in [5.74, 6) is 0.227. The van der Waals surface area contributed by atoms with Crippen molar-refractivity contribution in [1.29, 1.82) is 0 Å². The third-order valence-corrected chi connectivity index (χ3v) is 8.22. The number of hydrogen-bond donors (Lipinski definition) is 2. The molecule has 0 aliphatic heterocycles. The van der Waals surface area contributed by atoms with Gasteiger partial charge in [0.05, 0.1) is 25.2 Å². The van der Waals surface area contributed by atoms with Crippen molar-refractivity contribution in [1.82, 2.24) is 24.9 Å². The second-order valence-corrected chi connectivity index (χ2v) is 11.0. The number of esters is 1. The lowest BCUT2D eigenvalue weighted by Gasteiger charge is -2.40. The van der Waals surface area contributed by atoms with Crippen LogP contribution in [0.2, 0.25) is 0 Å². The van der Waals surface area contributed by atoms with Crippen molar-refractivity contribution in [3.63, 3.8) is 0 Å². The van der Waals surface area contributed by atoms with E-state index in [2.05, 4.69) is 22.3 Å². The maximum absolute atomic E-state index is 13.7. The van der Waals surface area contributed by atoms with Gasteiger partial charge in [-0.05, 0) is 56.4 Å². The minimum absolute atomic E-state index is 0.125. The number of amides is 1. The first-order valence-electron chi connectivity index (χ1n) is 13.4. The lowest BCUT2D eigenvalue weighted by molar-refractivity contribution is -0.154. The number of ether oxygens (including phenoxy) is 2. The van der Waals surface area contributed by atoms with Gasteiger partial charge in [-0.1, -0.05) is 31.2 Å². The molecule has 3 N–H and O–H groups in total. The molecule has 2 aromatic carbocycles. The first-order chi connectivity index (χ1) is 19.6. The second-order valence-electron chi connectivity index (χ2n) is 11.0. The summed E-state index contributed by atoms with van der Waals surface area (Å²) in [6, 6.07) is 11.4. The highest BCUT2D eigenvalue weighted by Gasteiger charge is 2.45. The largest absolute Gasteiger partial charge is 0.496 e. The molecule has 1 aliphatic rings. The molecule has 10 nitrogen and oxygen atoms in total. The minimum atomic E-state index is -0.525. The van der Waals surface area contributed by atoms with E-state index in [9.17, 15) is 14.0 Å². The molecule has 0 spiro atoms. The van der Waals surface area contributed by atoms with Gasteiger partial charge >= 0.3 is 5.97 Å². The van der Waals surface area contributed by atoms with Gasteiger partial charge in [0.1, 0.15) is 34.9 Å². The number of fused-ring (bicyclic) bond motifs is 1. The predicted octanol–water partition coefficient (Wildman–Crippen LogP) is 4.46. The standard InChI is InChI=1S/C30H33FN6O4/c1-29(11-13-30(2,14-12-29)28(39)41-4)27-36-23(24-25(32)34-17-35-37(24)27)19-7-5-18(6-8-19)16-33-26(38)21-15-20(31)9-10-22(21)40-3/h5-10,15,17H,11-14,16H2,1-4H3,(H,33,38)(H2,32,34,35)/t29-,30+. The maximum atomic E-state index is 13.7. The molecule has 4 aromatic rings. The molecule has 0 radical (unpaired) electrons. The summed E-state index contributed by atoms with van der Waals surface area (Å²) in [6.45, 7) is 4.32. The van der Waals surface area contributed by atoms with Crippen molar-refractivity contribution in [2.24, 2.45) is 5.41 Å². The quantitative estimate of drug-likeness (QED) is 0.317. The minimum Gasteiger partial charge on any atom is -0.496 e. The van der Waals surface area contributed by atoms with Gasteiger partial charge in [-0.25, -0.2) is 18.9 Å². The number of methoxy groups -OCH3 is 2. The summed E-state index contributed by atoms with van der Waals surface area (Å²) in [5, 5.41) is 7.31. The normalized spacial score (nSPS) is 20.5. The van der Waals surface area contributed by atoms with E-state index in [0.29, 0.717) is 35.6 Å². The van der Waals surface area contributed by atoms with Crippen LogP contribution in [0.25, 0.3) is 16.8 Å². The van der Waals surface area contributed by atoms with Gasteiger partial charge in [0.2, 0.25) is 0 Å². The van der Waals surface area contributed by atoms with Gasteiger partial charge in [-0.15, -0.1) is 0 Å². The topological polar surface area (TPSA) is 134 Å². The Morgan fingerprint density at radius 1 is 1.07 bits per heavy atom. The molecule has 1 aliphatic carbocycles. The third kappa shape index (κ3) is 5.19. The van der Waals surface area contributed by atoms with E-state index >= 15 is 0 Å². The van der Waals surface area contributed by atoms with Crippen molar-refractivity contribution in [3.8, 4) is 17.0 Å². The van der Waals surface area contributed by atoms with Gasteiger partial charge < -0.3 is 20.5 Å². The number of rotatable bonds is 7. The average Bonchev–Trinajstić information content (AvgIpc) is 3.39. The molecule has 214 valence electrons. The molecule has 11 heteroatoms. The molecule has 0 unspecified atom stereocenters. The zero-order valence-electron chi connectivity index (χ0n) is 23.5. The van der Waals surface area contributed by atoms with Crippen LogP contribution in [0.3, 0.4) is 0 Å². The zero-order chi connectivity index (χ0) is 29.4. The molecule has 2 heterocycles. The van der Waals surface area contributed by atoms with Gasteiger partial charge in [-0.2, -0.15) is 5.10 Å². The highest BCUT2D eigenvalue weighted by Crippen LogP contribution is 2.47. The molecule has 1 amide bonds. The summed E-state index contributed by atoms with van der Waals surface area (Å²) in [6.07, 6.45) is 4.22. The van der Waals surface area contributed by atoms with Crippen molar-refractivity contribution in [2.75, 3.05) is 20.0 Å². The van der Waals surface area contributed by atoms with Crippen molar-refractivity contribution in [3.05, 3.63) is 71.6 Å². The van der Waals surface area contributed by atoms with Crippen LogP contribution in [-0.4, -0.2) is 45.7 Å². The number of imidazole rings is 1. The Kier molecular flexibility index (Phi) is 7.37. The number of nitrogen functional groups attached to an aromatic ring is 1. The molecule has 1 saturated carbocycles. The number of aromatic nitrogens is 4. The fourth-order valence-corrected chi connectivity index (χ4v) is 5.49. The van der Waals surface area contributed by atoms with Gasteiger partial charge in [0, 0.05) is 17.5 Å². The Morgan fingerprint density at radius 3 is 2.44 bits per heavy atom. The number of halogens is 1. The van der Waals surface area contributed by atoms with E-state index < -0.39 is 17.1 Å². The maximum Gasteiger partial charge on any atom is 0.311 e. The zero-order valence-corrected chi connectivity index (χ0v) is 23.5. The van der Waals surface area contributed by atoms with Crippen LogP contribution in [-0.2, 0) is 21.5 Å². The fraction of sp³-hybridized carbons (Fsp3) is 0.367. The van der Waals surface area contributed by atoms with Crippen LogP contribution in [0.15, 0.2) is 48.8 Å². The van der Waals surface area contributed by atoms with Gasteiger partial charge in [-0.3, -0.25) is 9.59 Å². The van der Waals surface area contributed by atoms with Crippen molar-refractivity contribution < 1.29 is 23.5 Å². The number of carbonyl (C=O) groups is 2. The summed E-state index contributed by atoms with van der Waals surface area (Å²) < 4.78 is 25.7. The van der Waals surface area contributed by atoms with E-state index in [1.807, 2.05) is 31.2 Å². The first-order valence-corrected chi connectivity index (χ1v) is 13.4. The number of anilines is 1. The lowest BCUT2D eigenvalue weighted by Crippen LogP contribution is -2.40. The summed E-state index contributed by atoms with van der Waals surface area (Å²) >= 11 is 0. The number of carbonyl (C=O) groups excluding carboxylic acids is 2. The number of benzene rings is 2. The SMILES string of the molecule is COc1ccc(F)cc1C(=O)NCc1ccc(-c2nc([C@]3(C)CC[C@](C)(C(=O)OC)CC3)n3ncnc(N)c23)cc1. The highest BCUT2D eigenvalue weighted by molar-refractivity contribution is 5.97. The fourth-order valence-electron chi connectivity index (χ4n) is 5.49. The molecule has 0 bridgehead atoms. The molecule has 0 atom stereocenters. The Bertz CT molecular complexity index is 1610. The van der Waals surface area contributed by atoms with Crippen LogP contribution in [0, 0.1) is 11.2 Å². The molecular formula is C30H33FN6O4. The van der Waals surface area contributed by atoms with E-state index in [4.69, 9.17) is 20.2 Å². The summed E-state index contributed by atoms with van der Waals surface area (Å²) in [4.78, 5) is 34.3. The number of hydrogen-bond acceptors (Lipinski definition) is 8. The van der Waals surface area contributed by atoms with E-state index in [0.717, 1.165) is 35.9 Å².